The van der Waals surface area contributed by atoms with E-state index in [4.69, 9.17) is 9.26 Å². The lowest BCUT2D eigenvalue weighted by Gasteiger charge is -2.30. The Balaban J connectivity index is 1.82. The van der Waals surface area contributed by atoms with Gasteiger partial charge in [0.15, 0.2) is 5.69 Å². The molecule has 0 bridgehead atoms. The van der Waals surface area contributed by atoms with Gasteiger partial charge in [-0.3, -0.25) is 5.10 Å². The van der Waals surface area contributed by atoms with E-state index < -0.39 is 5.67 Å². The van der Waals surface area contributed by atoms with Gasteiger partial charge in [-0.05, 0) is 25.5 Å². The number of aromatic nitrogens is 4. The molecule has 6 nitrogen and oxygen atoms in total. The van der Waals surface area contributed by atoms with Crippen molar-refractivity contribution in [3.63, 3.8) is 0 Å². The molecule has 1 N–H and O–H groups in total. The van der Waals surface area contributed by atoms with Crippen LogP contribution in [0.2, 0.25) is 0 Å². The van der Waals surface area contributed by atoms with Gasteiger partial charge in [-0.15, -0.1) is 0 Å². The van der Waals surface area contributed by atoms with Crippen LogP contribution in [0.4, 0.5) is 4.39 Å². The molecule has 0 saturated carbocycles. The summed E-state index contributed by atoms with van der Waals surface area (Å²) in [7, 11) is 0. The van der Waals surface area contributed by atoms with Crippen molar-refractivity contribution in [2.24, 2.45) is 0 Å². The molecular formula is C18H21FN4O2. The zero-order chi connectivity index (χ0) is 17.9. The molecule has 0 unspecified atom stereocenters. The van der Waals surface area contributed by atoms with Crippen LogP contribution in [0.1, 0.15) is 31.3 Å². The predicted molar refractivity (Wildman–Crippen MR) is 92.4 cm³/mol. The first kappa shape index (κ1) is 17.3. The number of ether oxygens (including phenoxy) is 1. The lowest BCUT2D eigenvalue weighted by molar-refractivity contribution is 0.0112. The topological polar surface area (TPSA) is 76.8 Å². The normalized spacial score (nSPS) is 18.4. The minimum Gasteiger partial charge on any atom is -0.381 e. The number of hydrogen-bond acceptors (Lipinski definition) is 5. The van der Waals surface area contributed by atoms with Crippen LogP contribution in [0.3, 0.4) is 0 Å². The minimum atomic E-state index is -1.32. The Bertz CT molecular complexity index is 813. The van der Waals surface area contributed by atoms with Gasteiger partial charge in [0, 0.05) is 37.3 Å². The number of rotatable bonds is 5. The van der Waals surface area contributed by atoms with Crippen molar-refractivity contribution in [2.45, 2.75) is 32.4 Å². The smallest absolute Gasteiger partial charge is 0.278 e. The Kier molecular flexibility index (Phi) is 4.94. The van der Waals surface area contributed by atoms with Gasteiger partial charge < -0.3 is 9.26 Å². The van der Waals surface area contributed by atoms with Crippen LogP contribution in [-0.4, -0.2) is 39.2 Å². The Morgan fingerprint density at radius 1 is 1.36 bits per heavy atom. The first-order valence-electron chi connectivity index (χ1n) is 8.16. The summed E-state index contributed by atoms with van der Waals surface area (Å²) in [6, 6.07) is 1.82. The molecule has 3 rings (SSSR count). The van der Waals surface area contributed by atoms with E-state index >= 15 is 0 Å². The standard InChI is InChI=1S/C18H21FN4O2/c1-4-14(6-5-12(2)18(19)7-9-24-10-8-18)16-20-17(25-23-16)15-11-13(3)21-22-15/h4-6,11H,1,7-10H2,2-3H3,(H,21,22). The zero-order valence-electron chi connectivity index (χ0n) is 14.4. The third kappa shape index (κ3) is 3.76. The number of nitrogens with zero attached hydrogens (tertiary/aromatic N) is 3. The van der Waals surface area contributed by atoms with E-state index in [1.54, 1.807) is 25.2 Å². The molecule has 1 fully saturated rings. The molecule has 132 valence electrons. The minimum absolute atomic E-state index is 0.319. The van der Waals surface area contributed by atoms with Gasteiger partial charge >= 0.3 is 0 Å². The van der Waals surface area contributed by atoms with Crippen molar-refractivity contribution < 1.29 is 13.7 Å². The molecule has 0 radical (unpaired) electrons. The average Bonchev–Trinajstić information content (AvgIpc) is 3.25. The highest BCUT2D eigenvalue weighted by Crippen LogP contribution is 2.33. The lowest BCUT2D eigenvalue weighted by Crippen LogP contribution is -2.32. The highest BCUT2D eigenvalue weighted by molar-refractivity contribution is 5.71. The second kappa shape index (κ2) is 7.14. The molecule has 7 heteroatoms. The summed E-state index contributed by atoms with van der Waals surface area (Å²) < 4.78 is 25.4. The summed E-state index contributed by atoms with van der Waals surface area (Å²) in [6.07, 6.45) is 5.86. The second-order valence-electron chi connectivity index (χ2n) is 6.11. The number of aryl methyl sites for hydroxylation is 1. The number of allylic oxidation sites excluding steroid dienone is 5. The number of H-pyrrole nitrogens is 1. The third-order valence-corrected chi connectivity index (χ3v) is 4.33. The number of aromatic amines is 1. The lowest BCUT2D eigenvalue weighted by atomic mass is 9.88. The van der Waals surface area contributed by atoms with E-state index in [9.17, 15) is 4.39 Å². The fourth-order valence-corrected chi connectivity index (χ4v) is 2.66. The highest BCUT2D eigenvalue weighted by atomic mass is 19.1. The third-order valence-electron chi connectivity index (χ3n) is 4.33. The van der Waals surface area contributed by atoms with Gasteiger partial charge in [-0.2, -0.15) is 10.1 Å². The van der Waals surface area contributed by atoms with E-state index in [-0.39, 0.29) is 0 Å². The van der Waals surface area contributed by atoms with E-state index in [0.717, 1.165) is 5.69 Å². The summed E-state index contributed by atoms with van der Waals surface area (Å²) in [4.78, 5) is 4.33. The van der Waals surface area contributed by atoms with Crippen molar-refractivity contribution in [2.75, 3.05) is 13.2 Å². The van der Waals surface area contributed by atoms with Gasteiger partial charge in [-0.1, -0.05) is 30.0 Å². The molecule has 0 amide bonds. The van der Waals surface area contributed by atoms with Crippen molar-refractivity contribution in [3.8, 4) is 11.6 Å². The Hall–Kier alpha value is -2.54. The maximum atomic E-state index is 14.9. The molecule has 1 aliphatic rings. The van der Waals surface area contributed by atoms with Gasteiger partial charge in [-0.25, -0.2) is 4.39 Å². The Labute approximate surface area is 145 Å². The quantitative estimate of drug-likeness (QED) is 0.835. The van der Waals surface area contributed by atoms with E-state index in [1.807, 2.05) is 13.0 Å². The largest absolute Gasteiger partial charge is 0.381 e. The molecule has 3 heterocycles. The monoisotopic (exact) mass is 344 g/mol. The number of nitrogens with one attached hydrogen (secondary N) is 1. The average molecular weight is 344 g/mol. The Morgan fingerprint density at radius 2 is 2.12 bits per heavy atom. The molecule has 25 heavy (non-hydrogen) atoms. The van der Waals surface area contributed by atoms with E-state index in [0.29, 0.717) is 54.6 Å². The van der Waals surface area contributed by atoms with Gasteiger partial charge in [0.2, 0.25) is 5.82 Å². The van der Waals surface area contributed by atoms with Crippen LogP contribution in [0.15, 0.2) is 41.0 Å². The van der Waals surface area contributed by atoms with E-state index in [2.05, 4.69) is 26.9 Å². The molecule has 1 saturated heterocycles. The highest BCUT2D eigenvalue weighted by Gasteiger charge is 2.33. The van der Waals surface area contributed by atoms with Crippen molar-refractivity contribution >= 4 is 5.57 Å². The van der Waals surface area contributed by atoms with E-state index in [1.165, 1.54) is 0 Å². The second-order valence-corrected chi connectivity index (χ2v) is 6.11. The van der Waals surface area contributed by atoms with Crippen LogP contribution in [0.5, 0.6) is 0 Å². The van der Waals surface area contributed by atoms with Crippen LogP contribution >= 0.6 is 0 Å². The molecule has 2 aromatic rings. The first-order chi connectivity index (χ1) is 12.0. The fourth-order valence-electron chi connectivity index (χ4n) is 2.66. The van der Waals surface area contributed by atoms with Crippen LogP contribution in [0, 0.1) is 6.92 Å². The van der Waals surface area contributed by atoms with Crippen LogP contribution in [0.25, 0.3) is 17.2 Å². The Morgan fingerprint density at radius 3 is 2.76 bits per heavy atom. The number of hydrogen-bond donors (Lipinski definition) is 1. The molecule has 0 atom stereocenters. The molecule has 1 aliphatic heterocycles. The first-order valence-corrected chi connectivity index (χ1v) is 8.16. The summed E-state index contributed by atoms with van der Waals surface area (Å²) in [5.41, 5.74) is 1.46. The van der Waals surface area contributed by atoms with Crippen molar-refractivity contribution in [3.05, 3.63) is 48.0 Å². The maximum Gasteiger partial charge on any atom is 0.278 e. The molecule has 0 aliphatic carbocycles. The molecular weight excluding hydrogens is 323 g/mol. The van der Waals surface area contributed by atoms with Crippen molar-refractivity contribution in [1.82, 2.24) is 20.3 Å². The fraction of sp³-hybridized carbons (Fsp3) is 0.389. The predicted octanol–water partition coefficient (Wildman–Crippen LogP) is 3.80. The maximum absolute atomic E-state index is 14.9. The number of alkyl halides is 1. The van der Waals surface area contributed by atoms with Gasteiger partial charge in [0.05, 0.1) is 0 Å². The van der Waals surface area contributed by atoms with Crippen LogP contribution in [-0.2, 0) is 4.74 Å². The number of halogens is 1. The summed E-state index contributed by atoms with van der Waals surface area (Å²) in [6.45, 7) is 8.34. The zero-order valence-corrected chi connectivity index (χ0v) is 14.4. The van der Waals surface area contributed by atoms with Crippen LogP contribution < -0.4 is 0 Å². The van der Waals surface area contributed by atoms with Gasteiger partial charge in [0.1, 0.15) is 5.67 Å². The SMILES string of the molecule is C=CC(=CC=C(C)C1(F)CCOCC1)c1noc(-c2cc(C)[nH]n2)n1. The van der Waals surface area contributed by atoms with Gasteiger partial charge in [0.25, 0.3) is 5.89 Å². The molecule has 0 spiro atoms. The molecule has 0 aromatic carbocycles. The van der Waals surface area contributed by atoms with Crippen molar-refractivity contribution in [1.29, 1.82) is 0 Å². The summed E-state index contributed by atoms with van der Waals surface area (Å²) in [5.74, 6) is 0.703. The molecule has 2 aromatic heterocycles. The summed E-state index contributed by atoms with van der Waals surface area (Å²) in [5, 5.41) is 10.9. The summed E-state index contributed by atoms with van der Waals surface area (Å²) >= 11 is 0.